The minimum Gasteiger partial charge on any atom is -0.399 e. The molecule has 0 saturated heterocycles. The monoisotopic (exact) mass is 277 g/mol. The fourth-order valence-electron chi connectivity index (χ4n) is 2.72. The van der Waals surface area contributed by atoms with Gasteiger partial charge in [-0.15, -0.1) is 0 Å². The van der Waals surface area contributed by atoms with Crippen molar-refractivity contribution in [3.63, 3.8) is 0 Å². The van der Waals surface area contributed by atoms with Crippen LogP contribution in [0.4, 0.5) is 11.4 Å². The molecule has 1 aromatic carbocycles. The lowest BCUT2D eigenvalue weighted by atomic mass is 9.94. The molecule has 1 aliphatic rings. The Kier molecular flexibility index (Phi) is 4.49. The number of nitrogens with one attached hydrogen (secondary N) is 1. The Hall–Kier alpha value is -1.75. The molecule has 1 aromatic rings. The Bertz CT molecular complexity index is 460. The zero-order valence-electron chi connectivity index (χ0n) is 11.7. The minimum atomic E-state index is -0.780. The lowest BCUT2D eigenvalue weighted by molar-refractivity contribution is 0.0246. The summed E-state index contributed by atoms with van der Waals surface area (Å²) in [6.07, 6.45) is 5.82. The Morgan fingerprint density at radius 1 is 1.10 bits per heavy atom. The molecule has 0 atom stereocenters. The van der Waals surface area contributed by atoms with E-state index in [1.807, 2.05) is 0 Å². The number of rotatable bonds is 3. The number of benzene rings is 1. The molecule has 6 N–H and O–H groups in total. The Balaban J connectivity index is 1.97. The topological polar surface area (TPSA) is 101 Å². The van der Waals surface area contributed by atoms with Crippen LogP contribution in [0.25, 0.3) is 0 Å². The molecule has 20 heavy (non-hydrogen) atoms. The van der Waals surface area contributed by atoms with Crippen LogP contribution >= 0.6 is 0 Å². The van der Waals surface area contributed by atoms with Crippen molar-refractivity contribution < 1.29 is 9.90 Å². The molecule has 5 nitrogen and oxygen atoms in total. The summed E-state index contributed by atoms with van der Waals surface area (Å²) in [5.41, 5.74) is 11.9. The molecule has 110 valence electrons. The van der Waals surface area contributed by atoms with Gasteiger partial charge in [-0.2, -0.15) is 0 Å². The van der Waals surface area contributed by atoms with Gasteiger partial charge in [0.2, 0.25) is 0 Å². The van der Waals surface area contributed by atoms with Gasteiger partial charge in [0, 0.05) is 23.5 Å². The van der Waals surface area contributed by atoms with Crippen LogP contribution in [0, 0.1) is 0 Å². The van der Waals surface area contributed by atoms with E-state index in [-0.39, 0.29) is 12.5 Å². The maximum absolute atomic E-state index is 12.1. The molecule has 0 spiro atoms. The number of hydrogen-bond acceptors (Lipinski definition) is 4. The number of nitrogen functional groups attached to an aromatic ring is 2. The van der Waals surface area contributed by atoms with Gasteiger partial charge < -0.3 is 21.9 Å². The normalized spacial score (nSPS) is 18.2. The zero-order chi connectivity index (χ0) is 14.6. The molecule has 0 aliphatic heterocycles. The summed E-state index contributed by atoms with van der Waals surface area (Å²) >= 11 is 0. The van der Waals surface area contributed by atoms with E-state index in [0.717, 1.165) is 38.5 Å². The number of anilines is 2. The van der Waals surface area contributed by atoms with E-state index in [2.05, 4.69) is 5.32 Å². The van der Waals surface area contributed by atoms with E-state index in [0.29, 0.717) is 16.9 Å². The fraction of sp³-hybridized carbons (Fsp3) is 0.533. The van der Waals surface area contributed by atoms with Gasteiger partial charge in [-0.05, 0) is 31.0 Å². The van der Waals surface area contributed by atoms with Crippen molar-refractivity contribution in [2.24, 2.45) is 0 Å². The Morgan fingerprint density at radius 3 is 2.20 bits per heavy atom. The number of amides is 1. The first kappa shape index (κ1) is 14.7. The third kappa shape index (κ3) is 3.87. The van der Waals surface area contributed by atoms with Crippen LogP contribution in [-0.2, 0) is 0 Å². The molecular formula is C15H23N3O2. The number of aliphatic hydroxyl groups is 1. The Labute approximate surface area is 119 Å². The first-order chi connectivity index (χ1) is 9.48. The van der Waals surface area contributed by atoms with Crippen LogP contribution in [0.15, 0.2) is 18.2 Å². The molecule has 1 amide bonds. The lowest BCUT2D eigenvalue weighted by Gasteiger charge is -2.26. The van der Waals surface area contributed by atoms with Gasteiger partial charge in [0.15, 0.2) is 0 Å². The number of hydrogen-bond donors (Lipinski definition) is 4. The van der Waals surface area contributed by atoms with Crippen molar-refractivity contribution in [3.8, 4) is 0 Å². The summed E-state index contributed by atoms with van der Waals surface area (Å²) in [7, 11) is 0. The third-order valence-corrected chi connectivity index (χ3v) is 3.85. The molecule has 5 heteroatoms. The summed E-state index contributed by atoms with van der Waals surface area (Å²) in [6.45, 7) is 0.278. The largest absolute Gasteiger partial charge is 0.399 e. The first-order valence-electron chi connectivity index (χ1n) is 7.15. The van der Waals surface area contributed by atoms with Gasteiger partial charge in [0.1, 0.15) is 0 Å². The number of carbonyl (C=O) groups is 1. The molecule has 0 heterocycles. The molecule has 0 bridgehead atoms. The summed E-state index contributed by atoms with van der Waals surface area (Å²) in [5.74, 6) is -0.248. The summed E-state index contributed by atoms with van der Waals surface area (Å²) < 4.78 is 0. The number of carbonyl (C=O) groups excluding carboxylic acids is 1. The third-order valence-electron chi connectivity index (χ3n) is 3.85. The summed E-state index contributed by atoms with van der Waals surface area (Å²) in [6, 6.07) is 4.78. The van der Waals surface area contributed by atoms with E-state index in [1.54, 1.807) is 18.2 Å². The van der Waals surface area contributed by atoms with Gasteiger partial charge in [-0.25, -0.2) is 0 Å². The van der Waals surface area contributed by atoms with Crippen LogP contribution in [0.1, 0.15) is 48.9 Å². The van der Waals surface area contributed by atoms with E-state index in [1.165, 1.54) is 0 Å². The highest BCUT2D eigenvalue weighted by molar-refractivity contribution is 5.96. The predicted molar refractivity (Wildman–Crippen MR) is 80.3 cm³/mol. The molecular weight excluding hydrogens is 254 g/mol. The van der Waals surface area contributed by atoms with E-state index in [9.17, 15) is 9.90 Å². The average molecular weight is 277 g/mol. The smallest absolute Gasteiger partial charge is 0.251 e. The Morgan fingerprint density at radius 2 is 1.65 bits per heavy atom. The highest BCUT2D eigenvalue weighted by Gasteiger charge is 2.28. The van der Waals surface area contributed by atoms with E-state index < -0.39 is 5.60 Å². The van der Waals surface area contributed by atoms with Crippen molar-refractivity contribution in [1.29, 1.82) is 0 Å². The van der Waals surface area contributed by atoms with Crippen molar-refractivity contribution in [2.45, 2.75) is 44.1 Å². The molecule has 0 unspecified atom stereocenters. The van der Waals surface area contributed by atoms with Crippen LogP contribution in [0.2, 0.25) is 0 Å². The first-order valence-corrected chi connectivity index (χ1v) is 7.15. The molecule has 0 aromatic heterocycles. The molecule has 0 radical (unpaired) electrons. The highest BCUT2D eigenvalue weighted by Crippen LogP contribution is 2.26. The lowest BCUT2D eigenvalue weighted by Crippen LogP contribution is -2.42. The summed E-state index contributed by atoms with van der Waals surface area (Å²) in [4.78, 5) is 12.1. The summed E-state index contributed by atoms with van der Waals surface area (Å²) in [5, 5.41) is 13.3. The maximum atomic E-state index is 12.1. The molecule has 1 fully saturated rings. The maximum Gasteiger partial charge on any atom is 0.251 e. The van der Waals surface area contributed by atoms with Gasteiger partial charge in [-0.3, -0.25) is 4.79 Å². The van der Waals surface area contributed by atoms with Crippen molar-refractivity contribution >= 4 is 17.3 Å². The molecule has 1 saturated carbocycles. The van der Waals surface area contributed by atoms with Crippen LogP contribution in [0.3, 0.4) is 0 Å². The SMILES string of the molecule is Nc1cc(N)cc(C(=O)NCC2(O)CCCCCC2)c1. The molecule has 2 rings (SSSR count). The highest BCUT2D eigenvalue weighted by atomic mass is 16.3. The quantitative estimate of drug-likeness (QED) is 0.498. The van der Waals surface area contributed by atoms with Crippen LogP contribution in [-0.4, -0.2) is 23.2 Å². The van der Waals surface area contributed by atoms with Crippen LogP contribution in [0.5, 0.6) is 0 Å². The second-order valence-electron chi connectivity index (χ2n) is 5.71. The second-order valence-corrected chi connectivity index (χ2v) is 5.71. The standard InChI is InChI=1S/C15H23N3O2/c16-12-7-11(8-13(17)9-12)14(19)18-10-15(20)5-3-1-2-4-6-15/h7-9,20H,1-6,10,16-17H2,(H,18,19). The molecule has 1 aliphatic carbocycles. The van der Waals surface area contributed by atoms with Crippen molar-refractivity contribution in [3.05, 3.63) is 23.8 Å². The fourth-order valence-corrected chi connectivity index (χ4v) is 2.72. The van der Waals surface area contributed by atoms with Gasteiger partial charge in [0.25, 0.3) is 5.91 Å². The second kappa shape index (κ2) is 6.13. The van der Waals surface area contributed by atoms with Crippen molar-refractivity contribution in [2.75, 3.05) is 18.0 Å². The van der Waals surface area contributed by atoms with Gasteiger partial charge in [0.05, 0.1) is 5.60 Å². The minimum absolute atomic E-state index is 0.248. The number of nitrogens with two attached hydrogens (primary N) is 2. The van der Waals surface area contributed by atoms with Crippen LogP contribution < -0.4 is 16.8 Å². The van der Waals surface area contributed by atoms with Crippen molar-refractivity contribution in [1.82, 2.24) is 5.32 Å². The van der Waals surface area contributed by atoms with E-state index >= 15 is 0 Å². The average Bonchev–Trinajstić information content (AvgIpc) is 2.60. The predicted octanol–water partition coefficient (Wildman–Crippen LogP) is 1.67. The zero-order valence-corrected chi connectivity index (χ0v) is 11.7. The van der Waals surface area contributed by atoms with Gasteiger partial charge in [-0.1, -0.05) is 25.7 Å². The van der Waals surface area contributed by atoms with E-state index in [4.69, 9.17) is 11.5 Å². The van der Waals surface area contributed by atoms with Gasteiger partial charge >= 0.3 is 0 Å².